The predicted molar refractivity (Wildman–Crippen MR) is 140 cm³/mol. The van der Waals surface area contributed by atoms with E-state index in [1.54, 1.807) is 0 Å². The topological polar surface area (TPSA) is 53.0 Å². The first-order valence-corrected chi connectivity index (χ1v) is 13.7. The molecule has 2 aliphatic carbocycles. The smallest absolute Gasteiger partial charge is 0.254 e. The van der Waals surface area contributed by atoms with E-state index in [0.29, 0.717) is 18.3 Å². The minimum absolute atomic E-state index is 0.0348. The number of piperidine rings is 1. The lowest BCUT2D eigenvalue weighted by Gasteiger charge is -2.64. The van der Waals surface area contributed by atoms with Gasteiger partial charge in [0, 0.05) is 42.1 Å². The summed E-state index contributed by atoms with van der Waals surface area (Å²) in [6, 6.07) is 27.0. The summed E-state index contributed by atoms with van der Waals surface area (Å²) in [4.78, 5) is 18.5. The molecule has 188 valence electrons. The van der Waals surface area contributed by atoms with Crippen LogP contribution in [0, 0.1) is 5.92 Å². The first kappa shape index (κ1) is 21.9. The number of carbonyl (C=O) groups is 1. The van der Waals surface area contributed by atoms with Crippen LogP contribution in [-0.2, 0) is 23.1 Å². The zero-order chi connectivity index (χ0) is 24.8. The summed E-state index contributed by atoms with van der Waals surface area (Å²) in [6.45, 7) is 2.59. The first-order valence-electron chi connectivity index (χ1n) is 13.7. The summed E-state index contributed by atoms with van der Waals surface area (Å²) in [6.07, 6.45) is 3.91. The summed E-state index contributed by atoms with van der Waals surface area (Å²) < 4.78 is 7.29. The number of carbonyl (C=O) groups excluding carboxylic acids is 1. The molecule has 4 fully saturated rings. The lowest BCUT2D eigenvalue weighted by molar-refractivity contribution is -0.172. The van der Waals surface area contributed by atoms with Gasteiger partial charge in [-0.05, 0) is 73.2 Å². The number of fused-ring (bicyclic) bond motifs is 1. The first-order chi connectivity index (χ1) is 18.1. The van der Waals surface area contributed by atoms with Gasteiger partial charge in [0.05, 0.1) is 11.7 Å². The van der Waals surface area contributed by atoms with Crippen molar-refractivity contribution >= 4 is 5.91 Å². The minimum atomic E-state index is -0.269. The number of hydrogen-bond acceptors (Lipinski definition) is 4. The molecule has 6 atom stereocenters. The Hall–Kier alpha value is -3.15. The molecule has 37 heavy (non-hydrogen) atoms. The van der Waals surface area contributed by atoms with Crippen LogP contribution in [-0.4, -0.2) is 57.7 Å². The molecule has 1 saturated carbocycles. The highest BCUT2D eigenvalue weighted by molar-refractivity contribution is 5.94. The largest absolute Gasteiger partial charge is 0.508 e. The quantitative estimate of drug-likeness (QED) is 0.584. The molecule has 5 heteroatoms. The molecule has 0 radical (unpaired) electrons. The van der Waals surface area contributed by atoms with E-state index in [4.69, 9.17) is 4.74 Å². The number of hydrogen-bond donors (Lipinski definition) is 1. The molecule has 3 aliphatic heterocycles. The molecular weight excluding hydrogens is 460 g/mol. The molecule has 0 aromatic heterocycles. The second kappa shape index (κ2) is 7.68. The Bertz CT molecular complexity index is 1380. The van der Waals surface area contributed by atoms with Gasteiger partial charge < -0.3 is 14.7 Å². The molecular formula is C32H32N2O3. The third-order valence-electron chi connectivity index (χ3n) is 10.4. The second-order valence-corrected chi connectivity index (χ2v) is 11.7. The predicted octanol–water partition coefficient (Wildman–Crippen LogP) is 4.53. The standard InChI is InChI=1S/C32H32N2O3/c35-24-12-11-23-17-28-32-14-13-26-29(27(37-32)20-34(26)30(36)22-9-5-2-6-10-22)31(32,25(23)18-24)15-16-33(28)19-21-7-3-1-4-8-21/h1-12,18,26-29,35H,13-17,19-20H2/t26-,27-,28-,29+,31+,32-/m1/s1. The number of rotatable bonds is 3. The molecule has 1 N–H and O–H groups in total. The summed E-state index contributed by atoms with van der Waals surface area (Å²) in [5.74, 6) is 0.719. The van der Waals surface area contributed by atoms with Crippen LogP contribution in [0.3, 0.4) is 0 Å². The third kappa shape index (κ3) is 2.79. The van der Waals surface area contributed by atoms with Crippen LogP contribution in [0.1, 0.15) is 46.3 Å². The van der Waals surface area contributed by atoms with Gasteiger partial charge in [-0.25, -0.2) is 0 Å². The summed E-state index contributed by atoms with van der Waals surface area (Å²) in [7, 11) is 0. The van der Waals surface area contributed by atoms with Gasteiger partial charge in [0.15, 0.2) is 0 Å². The van der Waals surface area contributed by atoms with E-state index in [0.717, 1.165) is 44.3 Å². The normalized spacial score (nSPS) is 35.2. The van der Waals surface area contributed by atoms with Crippen molar-refractivity contribution in [3.8, 4) is 5.75 Å². The minimum Gasteiger partial charge on any atom is -0.508 e. The summed E-state index contributed by atoms with van der Waals surface area (Å²) >= 11 is 0. The van der Waals surface area contributed by atoms with Gasteiger partial charge in [0.25, 0.3) is 5.91 Å². The Kier molecular flexibility index (Phi) is 4.55. The average molecular weight is 493 g/mol. The molecule has 1 amide bonds. The number of benzene rings is 3. The van der Waals surface area contributed by atoms with Crippen molar-refractivity contribution < 1.29 is 14.6 Å². The molecule has 3 saturated heterocycles. The van der Waals surface area contributed by atoms with Gasteiger partial charge in [0.1, 0.15) is 5.75 Å². The highest BCUT2D eigenvalue weighted by Gasteiger charge is 2.78. The molecule has 3 aromatic carbocycles. The highest BCUT2D eigenvalue weighted by Crippen LogP contribution is 2.69. The van der Waals surface area contributed by atoms with Crippen LogP contribution in [0.4, 0.5) is 0 Å². The van der Waals surface area contributed by atoms with Crippen molar-refractivity contribution in [1.82, 2.24) is 9.80 Å². The van der Waals surface area contributed by atoms with E-state index in [1.165, 1.54) is 16.7 Å². The number of ether oxygens (including phenoxy) is 1. The molecule has 0 spiro atoms. The SMILES string of the molecule is O=C(c1ccccc1)N1C[C@H]2O[C@@]34CC[C@@H]1[C@@H]2[C@@]31CCN(Cc2ccccc2)[C@@H]4Cc2ccc(O)cc21. The van der Waals surface area contributed by atoms with Crippen molar-refractivity contribution in [1.29, 1.82) is 0 Å². The maximum atomic E-state index is 13.7. The Morgan fingerprint density at radius 3 is 2.59 bits per heavy atom. The molecule has 3 heterocycles. The van der Waals surface area contributed by atoms with Crippen molar-refractivity contribution in [3.63, 3.8) is 0 Å². The van der Waals surface area contributed by atoms with E-state index in [1.807, 2.05) is 42.5 Å². The van der Waals surface area contributed by atoms with Gasteiger partial charge >= 0.3 is 0 Å². The van der Waals surface area contributed by atoms with Crippen LogP contribution in [0.2, 0.25) is 0 Å². The lowest BCUT2D eigenvalue weighted by atomic mass is 9.46. The van der Waals surface area contributed by atoms with Crippen molar-refractivity contribution in [3.05, 3.63) is 101 Å². The van der Waals surface area contributed by atoms with Crippen LogP contribution >= 0.6 is 0 Å². The zero-order valence-electron chi connectivity index (χ0n) is 20.9. The van der Waals surface area contributed by atoms with E-state index in [9.17, 15) is 9.90 Å². The number of phenolic OH excluding ortho intramolecular Hbond substituents is 1. The molecule has 4 bridgehead atoms. The third-order valence-corrected chi connectivity index (χ3v) is 10.4. The molecule has 8 rings (SSSR count). The van der Waals surface area contributed by atoms with Crippen molar-refractivity contribution in [2.24, 2.45) is 5.92 Å². The molecule has 5 nitrogen and oxygen atoms in total. The number of likely N-dealkylation sites (tertiary alicyclic amines) is 2. The van der Waals surface area contributed by atoms with Crippen LogP contribution in [0.5, 0.6) is 5.75 Å². The highest BCUT2D eigenvalue weighted by atomic mass is 16.5. The maximum Gasteiger partial charge on any atom is 0.254 e. The van der Waals surface area contributed by atoms with Crippen LogP contribution in [0.15, 0.2) is 78.9 Å². The van der Waals surface area contributed by atoms with E-state index in [2.05, 4.69) is 46.2 Å². The monoisotopic (exact) mass is 492 g/mol. The second-order valence-electron chi connectivity index (χ2n) is 11.7. The average Bonchev–Trinajstić information content (AvgIpc) is 3.38. The summed E-state index contributed by atoms with van der Waals surface area (Å²) in [5, 5.41) is 10.6. The molecule has 3 aromatic rings. The fraction of sp³-hybridized carbons (Fsp3) is 0.406. The molecule has 0 unspecified atom stereocenters. The fourth-order valence-corrected chi connectivity index (χ4v) is 9.16. The van der Waals surface area contributed by atoms with Crippen LogP contribution in [0.25, 0.3) is 0 Å². The van der Waals surface area contributed by atoms with Gasteiger partial charge in [-0.15, -0.1) is 0 Å². The van der Waals surface area contributed by atoms with Crippen LogP contribution < -0.4 is 0 Å². The van der Waals surface area contributed by atoms with Crippen molar-refractivity contribution in [2.45, 2.75) is 61.4 Å². The van der Waals surface area contributed by atoms with Gasteiger partial charge in [-0.2, -0.15) is 0 Å². The van der Waals surface area contributed by atoms with E-state index in [-0.39, 0.29) is 35.0 Å². The zero-order valence-corrected chi connectivity index (χ0v) is 20.9. The molecule has 5 aliphatic rings. The van der Waals surface area contributed by atoms with E-state index >= 15 is 0 Å². The number of amides is 1. The fourth-order valence-electron chi connectivity index (χ4n) is 9.16. The number of phenols is 1. The number of aromatic hydroxyl groups is 1. The van der Waals surface area contributed by atoms with Gasteiger partial charge in [-0.1, -0.05) is 54.6 Å². The van der Waals surface area contributed by atoms with Gasteiger partial charge in [0.2, 0.25) is 0 Å². The lowest BCUT2D eigenvalue weighted by Crippen LogP contribution is -2.74. The Morgan fingerprint density at radius 1 is 1.00 bits per heavy atom. The maximum absolute atomic E-state index is 13.7. The van der Waals surface area contributed by atoms with Crippen molar-refractivity contribution in [2.75, 3.05) is 13.1 Å². The van der Waals surface area contributed by atoms with Gasteiger partial charge in [-0.3, -0.25) is 9.69 Å². The summed E-state index contributed by atoms with van der Waals surface area (Å²) in [5.41, 5.74) is 4.29. The number of nitrogens with zero attached hydrogens (tertiary/aromatic N) is 2. The Labute approximate surface area is 217 Å². The Morgan fingerprint density at radius 2 is 1.78 bits per heavy atom. The van der Waals surface area contributed by atoms with E-state index < -0.39 is 0 Å². The Balaban J connectivity index is 1.23.